The molecule has 3 aromatic carbocycles. The SMILES string of the molecule is C/[C](c1ccccc1)=[Zr](\[C]1=CC(C23CC4CC(CC(C4)C2)C3)=CC1C)[c]1cc(C(C)(C)C)cc2c1Cc1ccc(C(C)(C)C)cc1-2.Cl.Cl. The Kier molecular flexibility index (Phi) is 9.75. The van der Waals surface area contributed by atoms with Gasteiger partial charge in [0, 0.05) is 0 Å². The van der Waals surface area contributed by atoms with Crippen molar-refractivity contribution >= 4 is 31.3 Å². The Morgan fingerprint density at radius 3 is 1.90 bits per heavy atom. The van der Waals surface area contributed by atoms with Gasteiger partial charge >= 0.3 is 289 Å². The predicted octanol–water partition coefficient (Wildman–Crippen LogP) is 11.9. The first kappa shape index (κ1) is 36.3. The van der Waals surface area contributed by atoms with Crippen molar-refractivity contribution in [3.63, 3.8) is 0 Å². The minimum atomic E-state index is -2.60. The Morgan fingerprint density at radius 1 is 0.729 bits per heavy atom. The number of halogens is 2. The van der Waals surface area contributed by atoms with Gasteiger partial charge in [0.1, 0.15) is 0 Å². The third-order valence-electron chi connectivity index (χ3n) is 12.8. The van der Waals surface area contributed by atoms with Crippen LogP contribution < -0.4 is 3.27 Å². The molecule has 0 aromatic heterocycles. The van der Waals surface area contributed by atoms with E-state index in [9.17, 15) is 0 Å². The quantitative estimate of drug-likeness (QED) is 0.194. The average Bonchev–Trinajstić information content (AvgIpc) is 3.57. The Balaban J connectivity index is 0.00000201. The molecule has 0 saturated heterocycles. The maximum Gasteiger partial charge on any atom is -0.147 e. The standard InChI is InChI=1S/C21H25.C16H21.C8H8.2ClH.Zr/c1-20(2,3)16-9-7-14-11-15-8-10-17(21(4,5)6)13-19(15)18(14)12-16;1-11-2-3-15(4-11)16-8-12-5-13(9-16)7-14(6-12)10-16;1-2-8-6-4-3-5-7-8;;;/h7,9-10,12-13H,11H2,1-6H3;3-4,11-14H,5-10H2,1H3;3-7H,1H3;2*1H;. The number of hydrogen-bond donors (Lipinski definition) is 0. The minimum absolute atomic E-state index is 0. The first-order valence-electron chi connectivity index (χ1n) is 18.3. The van der Waals surface area contributed by atoms with Gasteiger partial charge in [0.2, 0.25) is 0 Å². The molecule has 9 rings (SSSR count). The molecule has 4 saturated carbocycles. The van der Waals surface area contributed by atoms with E-state index in [-0.39, 0.29) is 35.6 Å². The van der Waals surface area contributed by atoms with Crippen molar-refractivity contribution in [2.24, 2.45) is 29.1 Å². The van der Waals surface area contributed by atoms with Gasteiger partial charge in [-0.3, -0.25) is 0 Å². The van der Waals surface area contributed by atoms with Crippen LogP contribution in [0.25, 0.3) is 11.1 Å². The van der Waals surface area contributed by atoms with Crippen molar-refractivity contribution < 1.29 is 21.3 Å². The van der Waals surface area contributed by atoms with E-state index in [1.165, 1.54) is 71.9 Å². The Morgan fingerprint density at radius 2 is 1.31 bits per heavy atom. The van der Waals surface area contributed by atoms with E-state index >= 15 is 0 Å². The number of allylic oxidation sites excluding steroid dienone is 4. The first-order chi connectivity index (χ1) is 21.8. The van der Waals surface area contributed by atoms with Crippen LogP contribution in [0, 0.1) is 29.1 Å². The topological polar surface area (TPSA) is 0 Å². The average molecular weight is 759 g/mol. The largest absolute Gasteiger partial charge is 0.147 e. The van der Waals surface area contributed by atoms with Crippen molar-refractivity contribution in [2.45, 2.75) is 111 Å². The van der Waals surface area contributed by atoms with Crippen LogP contribution in [0.3, 0.4) is 0 Å². The molecule has 254 valence electrons. The van der Waals surface area contributed by atoms with Crippen molar-refractivity contribution in [1.82, 2.24) is 0 Å². The summed E-state index contributed by atoms with van der Waals surface area (Å²) in [6, 6.07) is 24.2. The van der Waals surface area contributed by atoms with Gasteiger partial charge in [-0.2, -0.15) is 0 Å². The molecule has 0 aliphatic heterocycles. The summed E-state index contributed by atoms with van der Waals surface area (Å²) in [6.07, 6.45) is 15.6. The van der Waals surface area contributed by atoms with Gasteiger partial charge in [0.15, 0.2) is 0 Å². The van der Waals surface area contributed by atoms with Crippen molar-refractivity contribution in [2.75, 3.05) is 0 Å². The Bertz CT molecular complexity index is 1790. The fourth-order valence-corrected chi connectivity index (χ4v) is 18.6. The molecule has 4 bridgehead atoms. The summed E-state index contributed by atoms with van der Waals surface area (Å²) in [5.74, 6) is 3.50. The van der Waals surface area contributed by atoms with Crippen LogP contribution in [0.1, 0.15) is 122 Å². The summed E-state index contributed by atoms with van der Waals surface area (Å²) in [4.78, 5) is 0. The van der Waals surface area contributed by atoms with Crippen LogP contribution in [0.5, 0.6) is 0 Å². The van der Waals surface area contributed by atoms with Gasteiger partial charge in [-0.05, 0) is 0 Å². The van der Waals surface area contributed by atoms with E-state index in [1.807, 2.05) is 3.28 Å². The molecule has 0 heterocycles. The summed E-state index contributed by atoms with van der Waals surface area (Å²) >= 11 is -2.60. The maximum atomic E-state index is 2.84. The summed E-state index contributed by atoms with van der Waals surface area (Å²) in [7, 11) is 0. The number of hydrogen-bond acceptors (Lipinski definition) is 0. The van der Waals surface area contributed by atoms with Gasteiger partial charge in [0.25, 0.3) is 0 Å². The molecule has 0 radical (unpaired) electrons. The van der Waals surface area contributed by atoms with E-state index in [4.69, 9.17) is 0 Å². The molecule has 6 aliphatic carbocycles. The molecule has 6 aliphatic rings. The fraction of sp³-hybridized carbons (Fsp3) is 0.489. The molecule has 0 spiro atoms. The zero-order valence-electron chi connectivity index (χ0n) is 30.5. The van der Waals surface area contributed by atoms with Crippen LogP contribution in [0.4, 0.5) is 0 Å². The zero-order chi connectivity index (χ0) is 32.2. The smallest absolute Gasteiger partial charge is 0.147 e. The third-order valence-corrected chi connectivity index (χ3v) is 20.6. The second-order valence-electron chi connectivity index (χ2n) is 18.2. The van der Waals surface area contributed by atoms with Crippen LogP contribution in [0.15, 0.2) is 81.7 Å². The first-order valence-corrected chi connectivity index (χ1v) is 22.0. The molecule has 1 unspecified atom stereocenters. The molecule has 3 aromatic rings. The van der Waals surface area contributed by atoms with Gasteiger partial charge in [-0.25, -0.2) is 0 Å². The van der Waals surface area contributed by atoms with E-state index < -0.39 is 21.3 Å². The van der Waals surface area contributed by atoms with Crippen LogP contribution >= 0.6 is 24.8 Å². The molecule has 3 heteroatoms. The van der Waals surface area contributed by atoms with Crippen molar-refractivity contribution in [1.29, 1.82) is 0 Å². The summed E-state index contributed by atoms with van der Waals surface area (Å²) in [5, 5.41) is 0. The van der Waals surface area contributed by atoms with Gasteiger partial charge in [-0.15, -0.1) is 24.8 Å². The van der Waals surface area contributed by atoms with Gasteiger partial charge < -0.3 is 0 Å². The number of rotatable bonds is 4. The third kappa shape index (κ3) is 6.20. The second-order valence-corrected chi connectivity index (χ2v) is 24.6. The molecule has 1 atom stereocenters. The minimum Gasteiger partial charge on any atom is -0.147 e. The maximum absolute atomic E-state index is 2.84. The molecular weight excluding hydrogens is 703 g/mol. The molecule has 48 heavy (non-hydrogen) atoms. The zero-order valence-corrected chi connectivity index (χ0v) is 34.6. The second kappa shape index (κ2) is 12.9. The van der Waals surface area contributed by atoms with Crippen molar-refractivity contribution in [3.05, 3.63) is 109 Å². The van der Waals surface area contributed by atoms with E-state index in [0.29, 0.717) is 11.3 Å². The predicted molar refractivity (Wildman–Crippen MR) is 208 cm³/mol. The van der Waals surface area contributed by atoms with E-state index in [1.54, 1.807) is 17.6 Å². The van der Waals surface area contributed by atoms with Gasteiger partial charge in [-0.1, -0.05) is 0 Å². The van der Waals surface area contributed by atoms with Crippen molar-refractivity contribution in [3.8, 4) is 11.1 Å². The summed E-state index contributed by atoms with van der Waals surface area (Å²) in [5.41, 5.74) is 13.1. The monoisotopic (exact) mass is 756 g/mol. The fourth-order valence-electron chi connectivity index (χ4n) is 10.6. The molecular formula is C45H56Cl2Zr. The normalized spacial score (nSPS) is 27.3. The summed E-state index contributed by atoms with van der Waals surface area (Å²) in [6.45, 7) is 19.4. The molecule has 0 amide bonds. The summed E-state index contributed by atoms with van der Waals surface area (Å²) < 4.78 is 5.27. The van der Waals surface area contributed by atoms with Crippen LogP contribution in [-0.2, 0) is 38.5 Å². The van der Waals surface area contributed by atoms with E-state index in [2.05, 4.69) is 128 Å². The number of fused-ring (bicyclic) bond motifs is 3. The molecule has 0 nitrogen and oxygen atoms in total. The number of benzene rings is 3. The Hall–Kier alpha value is -1.53. The van der Waals surface area contributed by atoms with E-state index in [0.717, 1.165) is 24.2 Å². The molecule has 0 N–H and O–H groups in total. The van der Waals surface area contributed by atoms with Crippen LogP contribution in [0.2, 0.25) is 0 Å². The Labute approximate surface area is 311 Å². The van der Waals surface area contributed by atoms with Crippen LogP contribution in [-0.4, -0.2) is 3.21 Å². The molecule has 4 fully saturated rings. The van der Waals surface area contributed by atoms with Gasteiger partial charge in [0.05, 0.1) is 0 Å².